The summed E-state index contributed by atoms with van der Waals surface area (Å²) in [6.07, 6.45) is 4.50. The van der Waals surface area contributed by atoms with Crippen LogP contribution in [0.15, 0.2) is 70.0 Å². The van der Waals surface area contributed by atoms with Crippen molar-refractivity contribution in [1.82, 2.24) is 4.90 Å². The Morgan fingerprint density at radius 3 is 1.92 bits per heavy atom. The molecule has 1 aliphatic rings. The van der Waals surface area contributed by atoms with E-state index in [4.69, 9.17) is 0 Å². The predicted molar refractivity (Wildman–Crippen MR) is 96.6 cm³/mol. The zero-order chi connectivity index (χ0) is 16.8. The van der Waals surface area contributed by atoms with Crippen molar-refractivity contribution in [3.63, 3.8) is 0 Å². The number of rotatable bonds is 3. The van der Waals surface area contributed by atoms with Crippen molar-refractivity contribution in [3.05, 3.63) is 66.2 Å². The summed E-state index contributed by atoms with van der Waals surface area (Å²) in [6, 6.07) is 18.0. The van der Waals surface area contributed by atoms with Crippen molar-refractivity contribution in [2.75, 3.05) is 13.1 Å². The van der Waals surface area contributed by atoms with Gasteiger partial charge in [-0.05, 0) is 25.0 Å². The lowest BCUT2D eigenvalue weighted by atomic mass is 10.2. The van der Waals surface area contributed by atoms with Crippen LogP contribution in [0.1, 0.15) is 31.2 Å². The lowest BCUT2D eigenvalue weighted by Crippen LogP contribution is -2.33. The molecule has 3 rings (SSSR count). The molecule has 0 radical (unpaired) electrons. The Bertz CT molecular complexity index is 779. The number of likely N-dealkylation sites (tertiary alicyclic amines) is 1. The fraction of sp³-hybridized carbons (Fsp3) is 0.316. The van der Waals surface area contributed by atoms with E-state index in [0.29, 0.717) is 5.84 Å². The number of hydrogen-bond acceptors (Lipinski definition) is 2. The smallest absolute Gasteiger partial charge is 0.284 e. The van der Waals surface area contributed by atoms with Crippen LogP contribution in [0, 0.1) is 0 Å². The van der Waals surface area contributed by atoms with Crippen molar-refractivity contribution in [2.45, 2.75) is 30.6 Å². The van der Waals surface area contributed by atoms with E-state index in [2.05, 4.69) is 9.30 Å². The highest BCUT2D eigenvalue weighted by Crippen LogP contribution is 2.18. The van der Waals surface area contributed by atoms with Crippen LogP contribution >= 0.6 is 0 Å². The van der Waals surface area contributed by atoms with E-state index in [1.807, 2.05) is 30.3 Å². The van der Waals surface area contributed by atoms with Gasteiger partial charge < -0.3 is 4.90 Å². The van der Waals surface area contributed by atoms with E-state index < -0.39 is 10.0 Å². The van der Waals surface area contributed by atoms with Crippen LogP contribution in [0.25, 0.3) is 0 Å². The van der Waals surface area contributed by atoms with Crippen molar-refractivity contribution in [3.8, 4) is 0 Å². The van der Waals surface area contributed by atoms with E-state index >= 15 is 0 Å². The molecule has 0 aliphatic carbocycles. The van der Waals surface area contributed by atoms with E-state index in [0.717, 1.165) is 31.5 Å². The second kappa shape index (κ2) is 7.62. The van der Waals surface area contributed by atoms with Crippen molar-refractivity contribution < 1.29 is 8.42 Å². The first-order chi connectivity index (χ1) is 11.7. The molecule has 0 aromatic heterocycles. The summed E-state index contributed by atoms with van der Waals surface area (Å²) >= 11 is 0. The summed E-state index contributed by atoms with van der Waals surface area (Å²) in [7, 11) is -3.72. The normalized spacial score (nSPS) is 16.7. The van der Waals surface area contributed by atoms with Gasteiger partial charge in [0, 0.05) is 18.7 Å². The lowest BCUT2D eigenvalue weighted by molar-refractivity contribution is 0.436. The van der Waals surface area contributed by atoms with Gasteiger partial charge in [0.15, 0.2) is 0 Å². The second-order valence-corrected chi connectivity index (χ2v) is 7.57. The third-order valence-electron chi connectivity index (χ3n) is 4.19. The summed E-state index contributed by atoms with van der Waals surface area (Å²) in [5, 5.41) is 0. The number of sulfonamides is 1. The predicted octanol–water partition coefficient (Wildman–Crippen LogP) is 3.70. The minimum atomic E-state index is -3.72. The van der Waals surface area contributed by atoms with Gasteiger partial charge in [-0.15, -0.1) is 4.40 Å². The molecule has 0 unspecified atom stereocenters. The number of benzene rings is 2. The highest BCUT2D eigenvalue weighted by atomic mass is 32.2. The maximum absolute atomic E-state index is 12.7. The topological polar surface area (TPSA) is 49.7 Å². The average molecular weight is 342 g/mol. The van der Waals surface area contributed by atoms with E-state index in [1.54, 1.807) is 30.3 Å². The van der Waals surface area contributed by atoms with Gasteiger partial charge in [-0.2, -0.15) is 8.42 Å². The molecule has 1 aliphatic heterocycles. The molecule has 0 bridgehead atoms. The van der Waals surface area contributed by atoms with Gasteiger partial charge in [0.2, 0.25) is 0 Å². The first-order valence-electron chi connectivity index (χ1n) is 8.37. The van der Waals surface area contributed by atoms with Crippen LogP contribution in [-0.2, 0) is 10.0 Å². The Balaban J connectivity index is 2.04. The molecule has 2 aromatic rings. The van der Waals surface area contributed by atoms with Gasteiger partial charge in [-0.1, -0.05) is 61.4 Å². The number of amidine groups is 1. The maximum Gasteiger partial charge on any atom is 0.284 e. The first kappa shape index (κ1) is 16.7. The molecule has 1 heterocycles. The van der Waals surface area contributed by atoms with Crippen LogP contribution in [0.3, 0.4) is 0 Å². The van der Waals surface area contributed by atoms with E-state index in [-0.39, 0.29) is 4.90 Å². The second-order valence-electron chi connectivity index (χ2n) is 5.97. The fourth-order valence-electron chi connectivity index (χ4n) is 2.92. The van der Waals surface area contributed by atoms with Gasteiger partial charge in [-0.25, -0.2) is 0 Å². The molecule has 5 heteroatoms. The number of hydrogen-bond donors (Lipinski definition) is 0. The molecule has 2 aromatic carbocycles. The molecule has 0 spiro atoms. The Kier molecular flexibility index (Phi) is 5.30. The minimum Gasteiger partial charge on any atom is -0.355 e. The highest BCUT2D eigenvalue weighted by molar-refractivity contribution is 7.90. The molecule has 1 saturated heterocycles. The van der Waals surface area contributed by atoms with Gasteiger partial charge in [-0.3, -0.25) is 0 Å². The van der Waals surface area contributed by atoms with Crippen LogP contribution in [0.5, 0.6) is 0 Å². The molecule has 126 valence electrons. The zero-order valence-corrected chi connectivity index (χ0v) is 14.5. The largest absolute Gasteiger partial charge is 0.355 e. The van der Waals surface area contributed by atoms with E-state index in [9.17, 15) is 8.42 Å². The van der Waals surface area contributed by atoms with E-state index in [1.165, 1.54) is 12.8 Å². The van der Waals surface area contributed by atoms with Crippen LogP contribution < -0.4 is 0 Å². The third-order valence-corrected chi connectivity index (χ3v) is 5.47. The molecule has 0 N–H and O–H groups in total. The first-order valence-corrected chi connectivity index (χ1v) is 9.81. The standard InChI is InChI=1S/C19H22N2O2S/c22-24(23,18-13-7-4-8-14-18)20-19(17-11-5-3-6-12-17)21-15-9-1-2-10-16-21/h3-8,11-14H,1-2,9-10,15-16H2. The van der Waals surface area contributed by atoms with Gasteiger partial charge in [0.1, 0.15) is 5.84 Å². The summed E-state index contributed by atoms with van der Waals surface area (Å²) in [5.41, 5.74) is 0.846. The molecule has 0 saturated carbocycles. The van der Waals surface area contributed by atoms with Gasteiger partial charge in [0.25, 0.3) is 10.0 Å². The Hall–Kier alpha value is -2.14. The Labute approximate surface area is 143 Å². The van der Waals surface area contributed by atoms with Gasteiger partial charge >= 0.3 is 0 Å². The molecular weight excluding hydrogens is 320 g/mol. The molecule has 4 nitrogen and oxygen atoms in total. The minimum absolute atomic E-state index is 0.230. The molecule has 24 heavy (non-hydrogen) atoms. The summed E-state index contributed by atoms with van der Waals surface area (Å²) < 4.78 is 29.7. The zero-order valence-electron chi connectivity index (χ0n) is 13.6. The Morgan fingerprint density at radius 1 is 0.792 bits per heavy atom. The molecular formula is C19H22N2O2S. The summed E-state index contributed by atoms with van der Waals surface area (Å²) in [4.78, 5) is 2.34. The van der Waals surface area contributed by atoms with Crippen LogP contribution in [0.2, 0.25) is 0 Å². The van der Waals surface area contributed by atoms with Crippen molar-refractivity contribution in [1.29, 1.82) is 0 Å². The summed E-state index contributed by atoms with van der Waals surface area (Å²) in [5.74, 6) is 0.557. The average Bonchev–Trinajstić information content (AvgIpc) is 2.90. The van der Waals surface area contributed by atoms with Crippen LogP contribution in [-0.4, -0.2) is 32.2 Å². The van der Waals surface area contributed by atoms with Crippen molar-refractivity contribution in [2.24, 2.45) is 4.40 Å². The number of nitrogens with zero attached hydrogens (tertiary/aromatic N) is 2. The molecule has 0 amide bonds. The lowest BCUT2D eigenvalue weighted by Gasteiger charge is -2.24. The fourth-order valence-corrected chi connectivity index (χ4v) is 3.98. The summed E-state index contributed by atoms with van der Waals surface area (Å²) in [6.45, 7) is 1.69. The highest BCUT2D eigenvalue weighted by Gasteiger charge is 2.20. The van der Waals surface area contributed by atoms with Crippen molar-refractivity contribution >= 4 is 15.9 Å². The third kappa shape index (κ3) is 4.03. The monoisotopic (exact) mass is 342 g/mol. The molecule has 0 atom stereocenters. The SMILES string of the molecule is O=S(=O)(N=C(c1ccccc1)N1CCCCCC1)c1ccccc1. The quantitative estimate of drug-likeness (QED) is 0.631. The van der Waals surface area contributed by atoms with Crippen LogP contribution in [0.4, 0.5) is 0 Å². The molecule has 1 fully saturated rings. The maximum atomic E-state index is 12.7. The Morgan fingerprint density at radius 2 is 1.33 bits per heavy atom. The van der Waals surface area contributed by atoms with Gasteiger partial charge in [0.05, 0.1) is 4.90 Å².